The minimum Gasteiger partial charge on any atom is -0.493 e. The van der Waals surface area contributed by atoms with Gasteiger partial charge in [-0.2, -0.15) is 0 Å². The lowest BCUT2D eigenvalue weighted by molar-refractivity contribution is -0.123. The lowest BCUT2D eigenvalue weighted by atomic mass is 9.95. The molecule has 1 aliphatic heterocycles. The normalized spacial score (nSPS) is 17.3. The number of carbonyl (C=O) groups is 2. The molecule has 2 amide bonds. The molecule has 2 atom stereocenters. The highest BCUT2D eigenvalue weighted by atomic mass is 16.5. The number of fused-ring (bicyclic) bond motifs is 3. The summed E-state index contributed by atoms with van der Waals surface area (Å²) in [6.07, 6.45) is 3.01. The van der Waals surface area contributed by atoms with Crippen molar-refractivity contribution in [1.82, 2.24) is 10.6 Å². The number of ether oxygens (including phenoxy) is 4. The molecule has 10 heteroatoms. The van der Waals surface area contributed by atoms with Gasteiger partial charge in [0.25, 0.3) is 0 Å². The zero-order valence-electron chi connectivity index (χ0n) is 25.4. The smallest absolute Gasteiger partial charge is 0.242 e. The van der Waals surface area contributed by atoms with Crippen LogP contribution in [0.5, 0.6) is 17.2 Å². The van der Waals surface area contributed by atoms with Crippen molar-refractivity contribution in [2.24, 2.45) is 11.8 Å². The molecule has 2 aromatic rings. The Hall–Kier alpha value is -3.79. The minimum absolute atomic E-state index is 0.0768. The predicted octanol–water partition coefficient (Wildman–Crippen LogP) is 3.84. The van der Waals surface area contributed by atoms with Gasteiger partial charge in [0.15, 0.2) is 11.5 Å². The van der Waals surface area contributed by atoms with Gasteiger partial charge in [0.2, 0.25) is 23.0 Å². The number of aryl methyl sites for hydroxylation is 1. The van der Waals surface area contributed by atoms with Crippen LogP contribution in [0.2, 0.25) is 0 Å². The van der Waals surface area contributed by atoms with Crippen LogP contribution in [0.15, 0.2) is 29.1 Å². The van der Waals surface area contributed by atoms with Gasteiger partial charge in [-0.1, -0.05) is 19.9 Å². The van der Waals surface area contributed by atoms with Crippen LogP contribution in [0.3, 0.4) is 0 Å². The third-order valence-corrected chi connectivity index (χ3v) is 8.08. The van der Waals surface area contributed by atoms with Crippen LogP contribution in [0, 0.1) is 11.8 Å². The first kappa shape index (κ1) is 31.2. The van der Waals surface area contributed by atoms with Crippen molar-refractivity contribution < 1.29 is 28.5 Å². The van der Waals surface area contributed by atoms with E-state index in [0.717, 1.165) is 29.5 Å². The number of methoxy groups -OCH3 is 3. The topological polar surface area (TPSA) is 124 Å². The number of rotatable bonds is 10. The Morgan fingerprint density at radius 1 is 1.00 bits per heavy atom. The van der Waals surface area contributed by atoms with E-state index in [1.54, 1.807) is 33.5 Å². The largest absolute Gasteiger partial charge is 0.493 e. The van der Waals surface area contributed by atoms with Crippen molar-refractivity contribution in [1.29, 1.82) is 0 Å². The Bertz CT molecular complexity index is 1350. The summed E-state index contributed by atoms with van der Waals surface area (Å²) in [6.45, 7) is 7.36. The summed E-state index contributed by atoms with van der Waals surface area (Å²) in [5, 5.41) is 9.32. The third-order valence-electron chi connectivity index (χ3n) is 8.08. The molecule has 1 aliphatic carbocycles. The molecule has 228 valence electrons. The summed E-state index contributed by atoms with van der Waals surface area (Å²) in [5.41, 5.74) is 3.13. The van der Waals surface area contributed by atoms with Gasteiger partial charge in [-0.25, -0.2) is 0 Å². The zero-order chi connectivity index (χ0) is 30.4. The molecule has 1 heterocycles. The molecule has 4 rings (SSSR count). The van der Waals surface area contributed by atoms with Gasteiger partial charge < -0.3 is 34.9 Å². The van der Waals surface area contributed by atoms with Crippen LogP contribution in [-0.4, -0.2) is 58.9 Å². The SMILES string of the molecule is COc1cc2c(c(OC)c1OC)-c1ccc(NC(C(=O)NCC3CCOCC3)C(C)C)c(=O)cc1C(NC(C)=O)CC2. The van der Waals surface area contributed by atoms with Crippen LogP contribution >= 0.6 is 0 Å². The fourth-order valence-electron chi connectivity index (χ4n) is 5.83. The van der Waals surface area contributed by atoms with E-state index < -0.39 is 12.1 Å². The molecule has 0 saturated carbocycles. The van der Waals surface area contributed by atoms with Gasteiger partial charge in [-0.05, 0) is 72.4 Å². The lowest BCUT2D eigenvalue weighted by Gasteiger charge is -2.25. The van der Waals surface area contributed by atoms with Gasteiger partial charge >= 0.3 is 0 Å². The number of carbonyl (C=O) groups excluding carboxylic acids is 2. The van der Waals surface area contributed by atoms with E-state index in [1.165, 1.54) is 6.92 Å². The Morgan fingerprint density at radius 3 is 2.33 bits per heavy atom. The van der Waals surface area contributed by atoms with Crippen LogP contribution in [0.4, 0.5) is 5.69 Å². The molecule has 0 aromatic heterocycles. The second-order valence-electron chi connectivity index (χ2n) is 11.3. The highest BCUT2D eigenvalue weighted by Crippen LogP contribution is 2.50. The Balaban J connectivity index is 1.77. The summed E-state index contributed by atoms with van der Waals surface area (Å²) >= 11 is 0. The van der Waals surface area contributed by atoms with E-state index in [1.807, 2.05) is 26.0 Å². The monoisotopic (exact) mass is 581 g/mol. The lowest BCUT2D eigenvalue weighted by Crippen LogP contribution is -2.45. The number of anilines is 1. The Kier molecular flexibility index (Phi) is 10.3. The highest BCUT2D eigenvalue weighted by Gasteiger charge is 2.30. The van der Waals surface area contributed by atoms with Crippen LogP contribution in [0.25, 0.3) is 11.1 Å². The van der Waals surface area contributed by atoms with Gasteiger partial charge in [0.1, 0.15) is 6.04 Å². The van der Waals surface area contributed by atoms with E-state index in [9.17, 15) is 14.4 Å². The van der Waals surface area contributed by atoms with Crippen molar-refractivity contribution in [3.8, 4) is 28.4 Å². The van der Waals surface area contributed by atoms with Gasteiger partial charge in [-0.3, -0.25) is 14.4 Å². The number of amides is 2. The maximum absolute atomic E-state index is 13.7. The fourth-order valence-corrected chi connectivity index (χ4v) is 5.83. The molecule has 42 heavy (non-hydrogen) atoms. The summed E-state index contributed by atoms with van der Waals surface area (Å²) in [5.74, 6) is 1.42. The number of nitrogens with one attached hydrogen (secondary N) is 3. The summed E-state index contributed by atoms with van der Waals surface area (Å²) in [7, 11) is 4.68. The Morgan fingerprint density at radius 2 is 1.71 bits per heavy atom. The molecule has 0 radical (unpaired) electrons. The maximum Gasteiger partial charge on any atom is 0.242 e. The first-order valence-corrected chi connectivity index (χ1v) is 14.6. The maximum atomic E-state index is 13.7. The van der Waals surface area contributed by atoms with E-state index in [2.05, 4.69) is 16.0 Å². The molecule has 0 spiro atoms. The third kappa shape index (κ3) is 6.81. The van der Waals surface area contributed by atoms with E-state index >= 15 is 0 Å². The zero-order valence-corrected chi connectivity index (χ0v) is 25.4. The highest BCUT2D eigenvalue weighted by molar-refractivity contribution is 5.86. The molecular weight excluding hydrogens is 538 g/mol. The van der Waals surface area contributed by atoms with Crippen molar-refractivity contribution >= 4 is 17.5 Å². The summed E-state index contributed by atoms with van der Waals surface area (Å²) < 4.78 is 22.5. The van der Waals surface area contributed by atoms with Gasteiger partial charge in [0, 0.05) is 32.2 Å². The van der Waals surface area contributed by atoms with E-state index in [4.69, 9.17) is 18.9 Å². The number of hydrogen-bond acceptors (Lipinski definition) is 8. The fraction of sp³-hybridized carbons (Fsp3) is 0.531. The van der Waals surface area contributed by atoms with Crippen molar-refractivity contribution in [2.75, 3.05) is 46.4 Å². The molecule has 10 nitrogen and oxygen atoms in total. The first-order valence-electron chi connectivity index (χ1n) is 14.6. The average molecular weight is 582 g/mol. The summed E-state index contributed by atoms with van der Waals surface area (Å²) in [4.78, 5) is 39.2. The second-order valence-corrected chi connectivity index (χ2v) is 11.3. The number of benzene rings is 1. The molecule has 1 saturated heterocycles. The van der Waals surface area contributed by atoms with Crippen LogP contribution in [0.1, 0.15) is 57.2 Å². The van der Waals surface area contributed by atoms with Crippen molar-refractivity contribution in [2.45, 2.75) is 58.5 Å². The average Bonchev–Trinajstić information content (AvgIpc) is 3.22. The first-order chi connectivity index (χ1) is 20.2. The van der Waals surface area contributed by atoms with Crippen molar-refractivity contribution in [3.05, 3.63) is 45.6 Å². The molecule has 0 bridgehead atoms. The molecule has 2 unspecified atom stereocenters. The Labute approximate surface area is 247 Å². The molecule has 3 N–H and O–H groups in total. The van der Waals surface area contributed by atoms with Crippen molar-refractivity contribution in [3.63, 3.8) is 0 Å². The van der Waals surface area contributed by atoms with Gasteiger partial charge in [-0.15, -0.1) is 0 Å². The molecular formula is C32H43N3O7. The van der Waals surface area contributed by atoms with Crippen LogP contribution < -0.4 is 35.6 Å². The van der Waals surface area contributed by atoms with Crippen LogP contribution in [-0.2, 0) is 20.7 Å². The van der Waals surface area contributed by atoms with E-state index in [0.29, 0.717) is 67.0 Å². The summed E-state index contributed by atoms with van der Waals surface area (Å²) in [6, 6.07) is 6.00. The molecule has 1 fully saturated rings. The van der Waals surface area contributed by atoms with E-state index in [-0.39, 0.29) is 23.2 Å². The van der Waals surface area contributed by atoms with Gasteiger partial charge in [0.05, 0.1) is 33.1 Å². The predicted molar refractivity (Wildman–Crippen MR) is 161 cm³/mol. The quantitative estimate of drug-likeness (QED) is 0.387. The molecule has 2 aliphatic rings. The number of hydrogen-bond donors (Lipinski definition) is 3. The molecule has 2 aromatic carbocycles. The standard InChI is InChI=1S/C32H43N3O7/c1-18(2)29(32(38)33-17-20-11-13-42-14-12-20)35-25-10-8-22-23(16-26(25)37)24(34-19(3)36)9-7-21-15-27(39-4)30(40-5)31(41-6)28(21)22/h8,10,15-16,18,20,24,29H,7,9,11-14,17H2,1-6H3,(H,33,38)(H,34,36)(H,35,37). The second kappa shape index (κ2) is 13.9. The minimum atomic E-state index is -0.614.